The van der Waals surface area contributed by atoms with Crippen LogP contribution in [0.25, 0.3) is 22.0 Å². The molecule has 4 aromatic rings. The Labute approximate surface area is 208 Å². The third kappa shape index (κ3) is 4.88. The highest BCUT2D eigenvalue weighted by atomic mass is 32.2. The van der Waals surface area contributed by atoms with E-state index in [1.165, 1.54) is 0 Å². The Hall–Kier alpha value is -3.40. The summed E-state index contributed by atoms with van der Waals surface area (Å²) in [6, 6.07) is 21.7. The summed E-state index contributed by atoms with van der Waals surface area (Å²) in [4.78, 5) is 0.356. The van der Waals surface area contributed by atoms with Gasteiger partial charge in [0.2, 0.25) is 10.0 Å². The van der Waals surface area contributed by atoms with Crippen LogP contribution in [0, 0.1) is 32.1 Å². The molecule has 0 aliphatic heterocycles. The Morgan fingerprint density at radius 2 is 1.69 bits per heavy atom. The summed E-state index contributed by atoms with van der Waals surface area (Å²) in [5.74, 6) is 0. The number of hydrogen-bond acceptors (Lipinski definition) is 3. The molecule has 6 heteroatoms. The van der Waals surface area contributed by atoms with E-state index in [2.05, 4.69) is 27.6 Å². The zero-order valence-corrected chi connectivity index (χ0v) is 21.7. The molecule has 1 unspecified atom stereocenters. The van der Waals surface area contributed by atoms with Gasteiger partial charge in [-0.2, -0.15) is 5.26 Å². The van der Waals surface area contributed by atoms with Crippen LogP contribution in [0.3, 0.4) is 0 Å². The number of fused-ring (bicyclic) bond motifs is 1. The highest BCUT2D eigenvalue weighted by Gasteiger charge is 2.32. The Morgan fingerprint density at radius 1 is 1.00 bits per heavy atom. The van der Waals surface area contributed by atoms with Crippen molar-refractivity contribution >= 4 is 20.9 Å². The van der Waals surface area contributed by atoms with E-state index >= 15 is 0 Å². The fourth-order valence-corrected chi connectivity index (χ4v) is 6.85. The van der Waals surface area contributed by atoms with Crippen LogP contribution in [0.15, 0.2) is 71.8 Å². The summed E-state index contributed by atoms with van der Waals surface area (Å²) < 4.78 is 32.3. The minimum atomic E-state index is -3.74. The quantitative estimate of drug-likeness (QED) is 0.336. The second kappa shape index (κ2) is 9.33. The van der Waals surface area contributed by atoms with Crippen molar-refractivity contribution < 1.29 is 8.42 Å². The largest absolute Gasteiger partial charge is 0.345 e. The lowest BCUT2D eigenvalue weighted by atomic mass is 10.0. The highest BCUT2D eigenvalue weighted by molar-refractivity contribution is 7.89. The Morgan fingerprint density at radius 3 is 2.34 bits per heavy atom. The second-order valence-corrected chi connectivity index (χ2v) is 11.2. The predicted octanol–water partition coefficient (Wildman–Crippen LogP) is 6.25. The molecule has 35 heavy (non-hydrogen) atoms. The monoisotopic (exact) mass is 485 g/mol. The van der Waals surface area contributed by atoms with Crippen LogP contribution in [0.1, 0.15) is 42.5 Å². The fraction of sp³-hybridized carbons (Fsp3) is 0.276. The van der Waals surface area contributed by atoms with Crippen LogP contribution in [-0.4, -0.2) is 18.5 Å². The Kier molecular flexibility index (Phi) is 6.59. The van der Waals surface area contributed by atoms with Gasteiger partial charge < -0.3 is 4.57 Å². The molecule has 1 atom stereocenters. The molecule has 0 bridgehead atoms. The molecule has 1 N–H and O–H groups in total. The van der Waals surface area contributed by atoms with Crippen molar-refractivity contribution in [3.05, 3.63) is 89.1 Å². The van der Waals surface area contributed by atoms with Gasteiger partial charge in [0.05, 0.1) is 16.5 Å². The highest BCUT2D eigenvalue weighted by Crippen LogP contribution is 2.33. The fourth-order valence-electron chi connectivity index (χ4n) is 4.92. The average molecular weight is 486 g/mol. The SMILES string of the molecule is CCC(C)(Cn1cc(-c2cccc(C#N)c2)c2ccccc21)NS(=O)(=O)c1c(C)cc(C)cc1C. The van der Waals surface area contributed by atoms with Crippen molar-refractivity contribution in [2.75, 3.05) is 0 Å². The van der Waals surface area contributed by atoms with Gasteiger partial charge in [-0.3, -0.25) is 0 Å². The molecule has 0 aliphatic carbocycles. The normalized spacial score (nSPS) is 13.5. The van der Waals surface area contributed by atoms with Crippen molar-refractivity contribution in [3.8, 4) is 17.2 Å². The molecular weight excluding hydrogens is 454 g/mol. The number of sulfonamides is 1. The van der Waals surface area contributed by atoms with E-state index in [9.17, 15) is 13.7 Å². The van der Waals surface area contributed by atoms with E-state index in [0.29, 0.717) is 23.4 Å². The van der Waals surface area contributed by atoms with Gasteiger partial charge in [-0.05, 0) is 69.0 Å². The maximum Gasteiger partial charge on any atom is 0.241 e. The van der Waals surface area contributed by atoms with Crippen molar-refractivity contribution in [2.24, 2.45) is 0 Å². The van der Waals surface area contributed by atoms with Gasteiger partial charge in [-0.1, -0.05) is 55.0 Å². The predicted molar refractivity (Wildman–Crippen MR) is 142 cm³/mol. The molecule has 0 spiro atoms. The topological polar surface area (TPSA) is 74.9 Å². The third-order valence-corrected chi connectivity index (χ3v) is 8.59. The number of para-hydroxylation sites is 1. The minimum absolute atomic E-state index is 0.356. The summed E-state index contributed by atoms with van der Waals surface area (Å²) in [6.45, 7) is 10.1. The number of hydrogen-bond donors (Lipinski definition) is 1. The molecule has 1 aromatic heterocycles. The van der Waals surface area contributed by atoms with E-state index in [0.717, 1.165) is 38.7 Å². The van der Waals surface area contributed by atoms with Crippen LogP contribution in [0.5, 0.6) is 0 Å². The number of nitrogens with zero attached hydrogens (tertiary/aromatic N) is 2. The van der Waals surface area contributed by atoms with Gasteiger partial charge in [0.15, 0.2) is 0 Å². The first-order valence-corrected chi connectivity index (χ1v) is 13.3. The molecule has 0 saturated heterocycles. The zero-order valence-electron chi connectivity index (χ0n) is 20.9. The zero-order chi connectivity index (χ0) is 25.4. The van der Waals surface area contributed by atoms with E-state index in [-0.39, 0.29) is 0 Å². The molecule has 1 heterocycles. The van der Waals surface area contributed by atoms with E-state index < -0.39 is 15.6 Å². The standard InChI is InChI=1S/C29H31N3O2S/c1-6-29(5,31-35(33,34)28-21(3)14-20(2)15-22(28)4)19-32-18-26(25-12-7-8-13-27(25)32)24-11-9-10-23(16-24)17-30/h7-16,18,31H,6,19H2,1-5H3. The van der Waals surface area contributed by atoms with Crippen molar-refractivity contribution in [3.63, 3.8) is 0 Å². The first-order chi connectivity index (χ1) is 16.6. The lowest BCUT2D eigenvalue weighted by molar-refractivity contribution is 0.351. The first kappa shape index (κ1) is 24.7. The lowest BCUT2D eigenvalue weighted by Gasteiger charge is -2.31. The van der Waals surface area contributed by atoms with E-state index in [1.54, 1.807) is 6.07 Å². The summed E-state index contributed by atoms with van der Waals surface area (Å²) in [5.41, 5.74) is 5.44. The maximum absolute atomic E-state index is 13.6. The smallest absolute Gasteiger partial charge is 0.241 e. The number of nitriles is 1. The van der Waals surface area contributed by atoms with Crippen LogP contribution >= 0.6 is 0 Å². The molecule has 0 fully saturated rings. The van der Waals surface area contributed by atoms with Crippen LogP contribution in [0.4, 0.5) is 0 Å². The molecule has 0 aliphatic rings. The number of aryl methyl sites for hydroxylation is 3. The van der Waals surface area contributed by atoms with Crippen molar-refractivity contribution in [2.45, 2.75) is 58.0 Å². The van der Waals surface area contributed by atoms with Gasteiger partial charge in [-0.25, -0.2) is 13.1 Å². The lowest BCUT2D eigenvalue weighted by Crippen LogP contribution is -2.48. The summed E-state index contributed by atoms with van der Waals surface area (Å²) >= 11 is 0. The van der Waals surface area contributed by atoms with Crippen LogP contribution in [-0.2, 0) is 16.6 Å². The van der Waals surface area contributed by atoms with Gasteiger partial charge in [-0.15, -0.1) is 0 Å². The maximum atomic E-state index is 13.6. The van der Waals surface area contributed by atoms with Gasteiger partial charge in [0, 0.05) is 34.7 Å². The Bertz CT molecular complexity index is 1540. The van der Waals surface area contributed by atoms with Gasteiger partial charge in [0.1, 0.15) is 0 Å². The molecule has 4 rings (SSSR count). The van der Waals surface area contributed by atoms with Gasteiger partial charge >= 0.3 is 0 Å². The van der Waals surface area contributed by atoms with Crippen LogP contribution in [0.2, 0.25) is 0 Å². The summed E-state index contributed by atoms with van der Waals surface area (Å²) in [6.07, 6.45) is 2.67. The van der Waals surface area contributed by atoms with E-state index in [4.69, 9.17) is 0 Å². The number of aromatic nitrogens is 1. The van der Waals surface area contributed by atoms with Crippen LogP contribution < -0.4 is 4.72 Å². The average Bonchev–Trinajstić information content (AvgIpc) is 3.16. The van der Waals surface area contributed by atoms with E-state index in [1.807, 2.05) is 83.1 Å². The minimum Gasteiger partial charge on any atom is -0.345 e. The third-order valence-electron chi connectivity index (χ3n) is 6.65. The second-order valence-electron chi connectivity index (χ2n) is 9.63. The number of nitrogens with one attached hydrogen (secondary N) is 1. The summed E-state index contributed by atoms with van der Waals surface area (Å²) in [5, 5.41) is 10.4. The van der Waals surface area contributed by atoms with Crippen molar-refractivity contribution in [1.29, 1.82) is 5.26 Å². The summed E-state index contributed by atoms with van der Waals surface area (Å²) in [7, 11) is -3.74. The first-order valence-electron chi connectivity index (χ1n) is 11.8. The van der Waals surface area contributed by atoms with Gasteiger partial charge in [0.25, 0.3) is 0 Å². The molecule has 0 amide bonds. The molecule has 180 valence electrons. The number of rotatable bonds is 7. The molecule has 0 radical (unpaired) electrons. The Balaban J connectivity index is 1.75. The molecule has 0 saturated carbocycles. The molecular formula is C29H31N3O2S. The number of benzene rings is 3. The molecule has 5 nitrogen and oxygen atoms in total. The molecule has 3 aromatic carbocycles. The van der Waals surface area contributed by atoms with Crippen molar-refractivity contribution in [1.82, 2.24) is 9.29 Å².